The molecule has 2 heterocycles. The highest BCUT2D eigenvalue weighted by molar-refractivity contribution is 5.88. The molecule has 132 valence electrons. The van der Waals surface area contributed by atoms with Crippen molar-refractivity contribution in [3.63, 3.8) is 0 Å². The standard InChI is InChI=1S/C19H20FN3O.ClH/c1-4-5-10-23-14(3)13(2)17-11-21-22-19(18(17)23)24-12-15-6-8-16(20)9-7-15;/h4-9,11H,10,12H2,1-3H3;1H/b5-4+;. The van der Waals surface area contributed by atoms with Gasteiger partial charge in [0.15, 0.2) is 0 Å². The molecule has 0 aliphatic rings. The Hall–Kier alpha value is -2.40. The zero-order valence-electron chi connectivity index (χ0n) is 14.5. The maximum absolute atomic E-state index is 13.0. The Balaban J connectivity index is 0.00000225. The van der Waals surface area contributed by atoms with Gasteiger partial charge in [-0.05, 0) is 44.0 Å². The molecule has 25 heavy (non-hydrogen) atoms. The van der Waals surface area contributed by atoms with E-state index in [0.717, 1.165) is 23.0 Å². The number of allylic oxidation sites excluding steroid dienone is 2. The van der Waals surface area contributed by atoms with Crippen molar-refractivity contribution in [3.8, 4) is 5.88 Å². The van der Waals surface area contributed by atoms with Crippen molar-refractivity contribution < 1.29 is 9.13 Å². The molecule has 3 aromatic rings. The van der Waals surface area contributed by atoms with Crippen LogP contribution in [0.3, 0.4) is 0 Å². The molecular formula is C19H21ClFN3O. The van der Waals surface area contributed by atoms with Crippen LogP contribution in [0, 0.1) is 19.7 Å². The molecule has 6 heteroatoms. The number of ether oxygens (including phenoxy) is 1. The van der Waals surface area contributed by atoms with Crippen LogP contribution in [-0.2, 0) is 13.2 Å². The van der Waals surface area contributed by atoms with Crippen LogP contribution in [-0.4, -0.2) is 14.8 Å². The number of aromatic nitrogens is 3. The normalized spacial score (nSPS) is 11.0. The summed E-state index contributed by atoms with van der Waals surface area (Å²) in [4.78, 5) is 0. The highest BCUT2D eigenvalue weighted by atomic mass is 35.5. The fourth-order valence-corrected chi connectivity index (χ4v) is 2.73. The lowest BCUT2D eigenvalue weighted by Gasteiger charge is -2.10. The molecule has 0 saturated carbocycles. The van der Waals surface area contributed by atoms with Crippen LogP contribution in [0.4, 0.5) is 4.39 Å². The smallest absolute Gasteiger partial charge is 0.258 e. The van der Waals surface area contributed by atoms with Gasteiger partial charge in [-0.2, -0.15) is 5.10 Å². The van der Waals surface area contributed by atoms with Crippen LogP contribution in [0.25, 0.3) is 10.9 Å². The average Bonchev–Trinajstić information content (AvgIpc) is 2.84. The number of halogens is 2. The van der Waals surface area contributed by atoms with E-state index in [1.165, 1.54) is 23.4 Å². The van der Waals surface area contributed by atoms with Gasteiger partial charge < -0.3 is 9.30 Å². The number of rotatable bonds is 5. The maximum atomic E-state index is 13.0. The second-order valence-electron chi connectivity index (χ2n) is 5.72. The van der Waals surface area contributed by atoms with E-state index in [0.29, 0.717) is 12.5 Å². The molecule has 0 unspecified atom stereocenters. The molecule has 0 spiro atoms. The van der Waals surface area contributed by atoms with Crippen LogP contribution in [0.1, 0.15) is 23.7 Å². The number of nitrogens with zero attached hydrogens (tertiary/aromatic N) is 3. The molecule has 2 aromatic heterocycles. The number of benzene rings is 1. The van der Waals surface area contributed by atoms with Gasteiger partial charge in [0, 0.05) is 17.6 Å². The van der Waals surface area contributed by atoms with Gasteiger partial charge in [-0.3, -0.25) is 0 Å². The van der Waals surface area contributed by atoms with Crippen LogP contribution in [0.2, 0.25) is 0 Å². The Kier molecular flexibility index (Phi) is 6.15. The van der Waals surface area contributed by atoms with Crippen molar-refractivity contribution in [2.45, 2.75) is 33.9 Å². The zero-order chi connectivity index (χ0) is 17.1. The largest absolute Gasteiger partial charge is 0.470 e. The Morgan fingerprint density at radius 3 is 2.60 bits per heavy atom. The van der Waals surface area contributed by atoms with Crippen molar-refractivity contribution >= 4 is 23.3 Å². The number of fused-ring (bicyclic) bond motifs is 1. The molecule has 0 amide bonds. The number of aryl methyl sites for hydroxylation is 1. The molecule has 1 aromatic carbocycles. The van der Waals surface area contributed by atoms with E-state index in [1.807, 2.05) is 13.0 Å². The van der Waals surface area contributed by atoms with E-state index in [4.69, 9.17) is 4.74 Å². The Labute approximate surface area is 152 Å². The minimum Gasteiger partial charge on any atom is -0.470 e. The van der Waals surface area contributed by atoms with Gasteiger partial charge in [0.2, 0.25) is 0 Å². The fourth-order valence-electron chi connectivity index (χ4n) is 2.73. The summed E-state index contributed by atoms with van der Waals surface area (Å²) in [6.45, 7) is 7.24. The summed E-state index contributed by atoms with van der Waals surface area (Å²) in [5, 5.41) is 9.28. The fraction of sp³-hybridized carbons (Fsp3) is 0.263. The molecule has 0 N–H and O–H groups in total. The zero-order valence-corrected chi connectivity index (χ0v) is 15.3. The molecule has 0 atom stereocenters. The minimum atomic E-state index is -0.257. The minimum absolute atomic E-state index is 0. The average molecular weight is 362 g/mol. The SMILES string of the molecule is C/C=C/Cn1c(C)c(C)c2cnnc(OCc3ccc(F)cc3)c21.Cl. The molecule has 0 radical (unpaired) electrons. The number of hydrogen-bond donors (Lipinski definition) is 0. The Morgan fingerprint density at radius 1 is 1.20 bits per heavy atom. The number of hydrogen-bond acceptors (Lipinski definition) is 3. The van der Waals surface area contributed by atoms with Crippen molar-refractivity contribution in [3.05, 3.63) is 65.3 Å². The van der Waals surface area contributed by atoms with Gasteiger partial charge in [-0.1, -0.05) is 24.3 Å². The topological polar surface area (TPSA) is 39.9 Å². The van der Waals surface area contributed by atoms with Gasteiger partial charge in [-0.25, -0.2) is 4.39 Å². The van der Waals surface area contributed by atoms with Crippen LogP contribution in [0.15, 0.2) is 42.6 Å². The first-order valence-corrected chi connectivity index (χ1v) is 7.91. The Bertz CT molecular complexity index is 888. The molecule has 0 bridgehead atoms. The quantitative estimate of drug-likeness (QED) is 0.615. The third-order valence-corrected chi connectivity index (χ3v) is 4.23. The van der Waals surface area contributed by atoms with Crippen molar-refractivity contribution in [1.29, 1.82) is 0 Å². The van der Waals surface area contributed by atoms with Gasteiger partial charge in [0.1, 0.15) is 17.9 Å². The highest BCUT2D eigenvalue weighted by Gasteiger charge is 2.16. The molecule has 0 aliphatic carbocycles. The van der Waals surface area contributed by atoms with Crippen molar-refractivity contribution in [2.75, 3.05) is 0 Å². The van der Waals surface area contributed by atoms with Crippen LogP contribution >= 0.6 is 12.4 Å². The van der Waals surface area contributed by atoms with Crippen molar-refractivity contribution in [1.82, 2.24) is 14.8 Å². The van der Waals surface area contributed by atoms with E-state index < -0.39 is 0 Å². The van der Waals surface area contributed by atoms with E-state index in [2.05, 4.69) is 34.7 Å². The summed E-state index contributed by atoms with van der Waals surface area (Å²) in [6.07, 6.45) is 5.89. The maximum Gasteiger partial charge on any atom is 0.258 e. The second kappa shape index (κ2) is 8.12. The molecule has 0 saturated heterocycles. The third kappa shape index (κ3) is 3.82. The third-order valence-electron chi connectivity index (χ3n) is 4.23. The molecular weight excluding hydrogens is 341 g/mol. The predicted molar refractivity (Wildman–Crippen MR) is 99.8 cm³/mol. The first-order valence-electron chi connectivity index (χ1n) is 7.91. The predicted octanol–water partition coefficient (Wildman–Crippen LogP) is 4.76. The molecule has 4 nitrogen and oxygen atoms in total. The Morgan fingerprint density at radius 2 is 1.92 bits per heavy atom. The summed E-state index contributed by atoms with van der Waals surface area (Å²) < 4.78 is 21.1. The van der Waals surface area contributed by atoms with Crippen LogP contribution in [0.5, 0.6) is 5.88 Å². The van der Waals surface area contributed by atoms with E-state index in [1.54, 1.807) is 18.3 Å². The lowest BCUT2D eigenvalue weighted by molar-refractivity contribution is 0.293. The summed E-state index contributed by atoms with van der Waals surface area (Å²) >= 11 is 0. The summed E-state index contributed by atoms with van der Waals surface area (Å²) in [7, 11) is 0. The van der Waals surface area contributed by atoms with E-state index in [9.17, 15) is 4.39 Å². The summed E-state index contributed by atoms with van der Waals surface area (Å²) in [5.74, 6) is 0.240. The summed E-state index contributed by atoms with van der Waals surface area (Å²) in [5.41, 5.74) is 4.18. The van der Waals surface area contributed by atoms with E-state index in [-0.39, 0.29) is 18.2 Å². The van der Waals surface area contributed by atoms with Gasteiger partial charge in [0.25, 0.3) is 5.88 Å². The lowest BCUT2D eigenvalue weighted by Crippen LogP contribution is -2.03. The summed E-state index contributed by atoms with van der Waals surface area (Å²) in [6, 6.07) is 6.26. The lowest BCUT2D eigenvalue weighted by atomic mass is 10.2. The van der Waals surface area contributed by atoms with Crippen molar-refractivity contribution in [2.24, 2.45) is 0 Å². The first-order chi connectivity index (χ1) is 11.6. The van der Waals surface area contributed by atoms with Gasteiger partial charge in [0.05, 0.1) is 6.20 Å². The second-order valence-corrected chi connectivity index (χ2v) is 5.72. The highest BCUT2D eigenvalue weighted by Crippen LogP contribution is 2.30. The molecule has 3 rings (SSSR count). The molecule has 0 fully saturated rings. The monoisotopic (exact) mass is 361 g/mol. The first kappa shape index (κ1) is 18.9. The van der Waals surface area contributed by atoms with Gasteiger partial charge >= 0.3 is 0 Å². The molecule has 0 aliphatic heterocycles. The van der Waals surface area contributed by atoms with E-state index >= 15 is 0 Å². The van der Waals surface area contributed by atoms with Gasteiger partial charge in [-0.15, -0.1) is 17.5 Å². The van der Waals surface area contributed by atoms with Crippen LogP contribution < -0.4 is 4.74 Å².